The Bertz CT molecular complexity index is 436. The van der Waals surface area contributed by atoms with E-state index in [9.17, 15) is 5.26 Å². The minimum atomic E-state index is -0.586. The summed E-state index contributed by atoms with van der Waals surface area (Å²) in [7, 11) is 0. The molecule has 0 heterocycles. The molecular weight excluding hydrogens is 258 g/mol. The number of rotatable bonds is 9. The number of nitrogens with zero attached hydrogens (tertiary/aromatic N) is 2. The third kappa shape index (κ3) is 4.84. The smallest absolute Gasteiger partial charge is 0.133 e. The summed E-state index contributed by atoms with van der Waals surface area (Å²) in [6.45, 7) is 11.5. The average molecular weight is 287 g/mol. The van der Waals surface area contributed by atoms with Gasteiger partial charge in [-0.2, -0.15) is 5.26 Å². The Kier molecular flexibility index (Phi) is 7.42. The van der Waals surface area contributed by atoms with E-state index in [-0.39, 0.29) is 0 Å². The molecule has 0 saturated heterocycles. The summed E-state index contributed by atoms with van der Waals surface area (Å²) in [6, 6.07) is 13.1. The molecule has 0 aliphatic rings. The SMILES string of the molecule is CCCN(CCC(C#N)(NCC)c1ccccc1)C(C)C. The summed E-state index contributed by atoms with van der Waals surface area (Å²) in [5.74, 6) is 0. The van der Waals surface area contributed by atoms with Gasteiger partial charge in [-0.25, -0.2) is 0 Å². The Hall–Kier alpha value is -1.37. The van der Waals surface area contributed by atoms with E-state index < -0.39 is 5.54 Å². The van der Waals surface area contributed by atoms with Gasteiger partial charge in [0.2, 0.25) is 0 Å². The molecule has 1 aromatic carbocycles. The molecule has 0 fully saturated rings. The van der Waals surface area contributed by atoms with Crippen LogP contribution in [0.2, 0.25) is 0 Å². The fourth-order valence-electron chi connectivity index (χ4n) is 2.75. The summed E-state index contributed by atoms with van der Waals surface area (Å²) >= 11 is 0. The summed E-state index contributed by atoms with van der Waals surface area (Å²) in [5, 5.41) is 13.2. The van der Waals surface area contributed by atoms with E-state index in [4.69, 9.17) is 0 Å². The zero-order valence-electron chi connectivity index (χ0n) is 13.9. The molecule has 1 aromatic rings. The van der Waals surface area contributed by atoms with Gasteiger partial charge in [-0.15, -0.1) is 0 Å². The van der Waals surface area contributed by atoms with Crippen molar-refractivity contribution in [1.82, 2.24) is 10.2 Å². The molecule has 1 atom stereocenters. The molecule has 3 heteroatoms. The number of hydrogen-bond donors (Lipinski definition) is 1. The average Bonchev–Trinajstić information content (AvgIpc) is 2.50. The van der Waals surface area contributed by atoms with Crippen molar-refractivity contribution in [1.29, 1.82) is 5.26 Å². The van der Waals surface area contributed by atoms with Gasteiger partial charge in [0.1, 0.15) is 5.54 Å². The van der Waals surface area contributed by atoms with Crippen molar-refractivity contribution in [3.8, 4) is 6.07 Å². The first kappa shape index (κ1) is 17.7. The predicted molar refractivity (Wildman–Crippen MR) is 89.0 cm³/mol. The Balaban J connectivity index is 2.91. The van der Waals surface area contributed by atoms with Crippen LogP contribution in [-0.2, 0) is 5.54 Å². The number of hydrogen-bond acceptors (Lipinski definition) is 3. The van der Waals surface area contributed by atoms with Gasteiger partial charge >= 0.3 is 0 Å². The van der Waals surface area contributed by atoms with Crippen LogP contribution in [0, 0.1) is 11.3 Å². The molecule has 1 rings (SSSR count). The summed E-state index contributed by atoms with van der Waals surface area (Å²) < 4.78 is 0. The van der Waals surface area contributed by atoms with Crippen LogP contribution in [0.1, 0.15) is 46.1 Å². The normalized spacial score (nSPS) is 14.1. The van der Waals surface area contributed by atoms with Crippen molar-refractivity contribution in [3.05, 3.63) is 35.9 Å². The molecule has 0 aliphatic carbocycles. The lowest BCUT2D eigenvalue weighted by molar-refractivity contribution is 0.199. The predicted octanol–water partition coefficient (Wildman–Crippen LogP) is 3.53. The number of nitriles is 1. The molecule has 0 radical (unpaired) electrons. The van der Waals surface area contributed by atoms with E-state index in [2.05, 4.69) is 44.0 Å². The lowest BCUT2D eigenvalue weighted by atomic mass is 9.87. The van der Waals surface area contributed by atoms with Crippen LogP contribution in [0.4, 0.5) is 0 Å². The number of nitrogens with one attached hydrogen (secondary N) is 1. The van der Waals surface area contributed by atoms with Crippen molar-refractivity contribution in [2.45, 2.75) is 52.1 Å². The van der Waals surface area contributed by atoms with Gasteiger partial charge in [-0.1, -0.05) is 44.2 Å². The number of benzene rings is 1. The van der Waals surface area contributed by atoms with Crippen LogP contribution in [0.5, 0.6) is 0 Å². The van der Waals surface area contributed by atoms with Crippen molar-refractivity contribution >= 4 is 0 Å². The molecule has 0 amide bonds. The van der Waals surface area contributed by atoms with Gasteiger partial charge in [0.15, 0.2) is 0 Å². The molecular formula is C18H29N3. The fourth-order valence-corrected chi connectivity index (χ4v) is 2.75. The van der Waals surface area contributed by atoms with Gasteiger partial charge in [0.25, 0.3) is 0 Å². The van der Waals surface area contributed by atoms with Gasteiger partial charge in [-0.3, -0.25) is 5.32 Å². The Morgan fingerprint density at radius 3 is 2.33 bits per heavy atom. The molecule has 0 saturated carbocycles. The second kappa shape index (κ2) is 8.81. The van der Waals surface area contributed by atoms with E-state index >= 15 is 0 Å². The maximum absolute atomic E-state index is 9.81. The minimum Gasteiger partial charge on any atom is -0.301 e. The largest absolute Gasteiger partial charge is 0.301 e. The Morgan fingerprint density at radius 2 is 1.86 bits per heavy atom. The van der Waals surface area contributed by atoms with Gasteiger partial charge in [0.05, 0.1) is 6.07 Å². The maximum atomic E-state index is 9.81. The third-order valence-electron chi connectivity index (χ3n) is 3.95. The first-order valence-corrected chi connectivity index (χ1v) is 8.05. The quantitative estimate of drug-likeness (QED) is 0.755. The van der Waals surface area contributed by atoms with Gasteiger partial charge in [-0.05, 0) is 45.3 Å². The molecule has 3 nitrogen and oxygen atoms in total. The summed E-state index contributed by atoms with van der Waals surface area (Å²) in [5.41, 5.74) is 0.478. The van der Waals surface area contributed by atoms with Crippen molar-refractivity contribution in [2.75, 3.05) is 19.6 Å². The molecule has 0 aromatic heterocycles. The highest BCUT2D eigenvalue weighted by Crippen LogP contribution is 2.25. The van der Waals surface area contributed by atoms with E-state index in [0.29, 0.717) is 6.04 Å². The minimum absolute atomic E-state index is 0.513. The summed E-state index contributed by atoms with van der Waals surface area (Å²) in [6.07, 6.45) is 1.95. The highest BCUT2D eigenvalue weighted by Gasteiger charge is 2.31. The highest BCUT2D eigenvalue weighted by molar-refractivity contribution is 5.31. The van der Waals surface area contributed by atoms with E-state index in [1.807, 2.05) is 30.3 Å². The zero-order chi connectivity index (χ0) is 15.7. The van der Waals surface area contributed by atoms with E-state index in [1.165, 1.54) is 0 Å². The first-order valence-electron chi connectivity index (χ1n) is 8.05. The first-order chi connectivity index (χ1) is 10.1. The van der Waals surface area contributed by atoms with Crippen LogP contribution < -0.4 is 5.32 Å². The standard InChI is InChI=1S/C18H29N3/c1-5-13-21(16(3)4)14-12-18(15-19,20-6-2)17-10-8-7-9-11-17/h7-11,16,20H,5-6,12-14H2,1-4H3. The molecule has 0 aliphatic heterocycles. The lowest BCUT2D eigenvalue weighted by Gasteiger charge is -2.33. The summed E-state index contributed by atoms with van der Waals surface area (Å²) in [4.78, 5) is 2.45. The van der Waals surface area contributed by atoms with Crippen molar-refractivity contribution in [2.24, 2.45) is 0 Å². The lowest BCUT2D eigenvalue weighted by Crippen LogP contribution is -2.45. The molecule has 21 heavy (non-hydrogen) atoms. The molecule has 0 bridgehead atoms. The zero-order valence-corrected chi connectivity index (χ0v) is 13.9. The van der Waals surface area contributed by atoms with E-state index in [1.54, 1.807) is 0 Å². The van der Waals surface area contributed by atoms with Crippen LogP contribution in [0.25, 0.3) is 0 Å². The van der Waals surface area contributed by atoms with Crippen LogP contribution in [-0.4, -0.2) is 30.6 Å². The van der Waals surface area contributed by atoms with E-state index in [0.717, 1.165) is 38.0 Å². The Morgan fingerprint density at radius 1 is 1.19 bits per heavy atom. The third-order valence-corrected chi connectivity index (χ3v) is 3.95. The van der Waals surface area contributed by atoms with Crippen molar-refractivity contribution in [3.63, 3.8) is 0 Å². The Labute approximate surface area is 130 Å². The maximum Gasteiger partial charge on any atom is 0.133 e. The van der Waals surface area contributed by atoms with Crippen molar-refractivity contribution < 1.29 is 0 Å². The fraction of sp³-hybridized carbons (Fsp3) is 0.611. The molecule has 116 valence electrons. The van der Waals surface area contributed by atoms with Gasteiger partial charge in [0, 0.05) is 12.6 Å². The van der Waals surface area contributed by atoms with Gasteiger partial charge < -0.3 is 4.90 Å². The molecule has 1 N–H and O–H groups in total. The highest BCUT2D eigenvalue weighted by atomic mass is 15.1. The molecule has 1 unspecified atom stereocenters. The topological polar surface area (TPSA) is 39.1 Å². The van der Waals surface area contributed by atoms with Crippen LogP contribution in [0.3, 0.4) is 0 Å². The molecule has 0 spiro atoms. The second-order valence-electron chi connectivity index (χ2n) is 5.79. The van der Waals surface area contributed by atoms with Crippen LogP contribution in [0.15, 0.2) is 30.3 Å². The second-order valence-corrected chi connectivity index (χ2v) is 5.79. The van der Waals surface area contributed by atoms with Crippen LogP contribution >= 0.6 is 0 Å². The monoisotopic (exact) mass is 287 g/mol.